The zero-order valence-corrected chi connectivity index (χ0v) is 8.62. The van der Waals surface area contributed by atoms with Gasteiger partial charge in [0.05, 0.1) is 5.57 Å². The molecule has 0 aromatic carbocycles. The lowest BCUT2D eigenvalue weighted by Gasteiger charge is -2.13. The van der Waals surface area contributed by atoms with E-state index in [1.807, 2.05) is 6.07 Å². The fourth-order valence-electron chi connectivity index (χ4n) is 1.19. The second kappa shape index (κ2) is 6.30. The first kappa shape index (κ1) is 11.8. The van der Waals surface area contributed by atoms with Gasteiger partial charge in [0.1, 0.15) is 6.07 Å². The average molecular weight is 178 g/mol. The molecule has 1 unspecified atom stereocenters. The molecule has 0 amide bonds. The molecule has 0 saturated carbocycles. The number of rotatable bonds is 4. The van der Waals surface area contributed by atoms with E-state index < -0.39 is 0 Å². The Morgan fingerprint density at radius 2 is 2.15 bits per heavy atom. The molecule has 72 valence electrons. The molecule has 0 radical (unpaired) electrons. The van der Waals surface area contributed by atoms with Crippen LogP contribution in [0.25, 0.3) is 0 Å². The minimum absolute atomic E-state index is 0.527. The van der Waals surface area contributed by atoms with E-state index in [2.05, 4.69) is 26.8 Å². The van der Waals surface area contributed by atoms with Crippen molar-refractivity contribution in [2.45, 2.75) is 27.2 Å². The molecule has 0 fully saturated rings. The molecule has 0 spiro atoms. The summed E-state index contributed by atoms with van der Waals surface area (Å²) in [5.74, 6) is 1.14. The van der Waals surface area contributed by atoms with Crippen molar-refractivity contribution in [3.63, 3.8) is 0 Å². The largest absolute Gasteiger partial charge is 0.404 e. The van der Waals surface area contributed by atoms with Crippen molar-refractivity contribution in [1.29, 1.82) is 5.26 Å². The van der Waals surface area contributed by atoms with Crippen LogP contribution in [0.2, 0.25) is 0 Å². The third-order valence-corrected chi connectivity index (χ3v) is 2.16. The molecule has 2 heteroatoms. The predicted molar refractivity (Wildman–Crippen MR) is 55.6 cm³/mol. The standard InChI is InChI=1S/C11H18N2/c1-4-11(9(2)3)6-5-10(7-12)8-13/h5-7,9,11H,4,12H2,1-3H3/b6-5-,10-7+. The van der Waals surface area contributed by atoms with Gasteiger partial charge < -0.3 is 5.73 Å². The number of nitriles is 1. The summed E-state index contributed by atoms with van der Waals surface area (Å²) in [5.41, 5.74) is 5.78. The molecule has 1 atom stereocenters. The van der Waals surface area contributed by atoms with E-state index in [1.54, 1.807) is 6.08 Å². The third-order valence-electron chi connectivity index (χ3n) is 2.16. The molecule has 0 bridgehead atoms. The molecule has 2 N–H and O–H groups in total. The highest BCUT2D eigenvalue weighted by atomic mass is 14.5. The van der Waals surface area contributed by atoms with Gasteiger partial charge in [-0.1, -0.05) is 26.8 Å². The van der Waals surface area contributed by atoms with Gasteiger partial charge in [0.2, 0.25) is 0 Å². The van der Waals surface area contributed by atoms with E-state index in [0.717, 1.165) is 6.42 Å². The number of hydrogen-bond acceptors (Lipinski definition) is 2. The maximum atomic E-state index is 8.60. The molecule has 0 aliphatic heterocycles. The Kier molecular flexibility index (Phi) is 5.71. The number of hydrogen-bond donors (Lipinski definition) is 1. The van der Waals surface area contributed by atoms with Gasteiger partial charge in [0, 0.05) is 6.20 Å². The van der Waals surface area contributed by atoms with Crippen LogP contribution in [0.4, 0.5) is 0 Å². The predicted octanol–water partition coefficient (Wildman–Crippen LogP) is 2.59. The van der Waals surface area contributed by atoms with Crippen LogP contribution in [-0.4, -0.2) is 0 Å². The Morgan fingerprint density at radius 1 is 1.54 bits per heavy atom. The van der Waals surface area contributed by atoms with Gasteiger partial charge in [-0.2, -0.15) is 5.26 Å². The quantitative estimate of drug-likeness (QED) is 0.531. The Bertz CT molecular complexity index is 231. The summed E-state index contributed by atoms with van der Waals surface area (Å²) in [6.07, 6.45) is 6.29. The van der Waals surface area contributed by atoms with Gasteiger partial charge in [0.15, 0.2) is 0 Å². The minimum atomic E-state index is 0.527. The zero-order chi connectivity index (χ0) is 10.3. The van der Waals surface area contributed by atoms with Crippen molar-refractivity contribution in [1.82, 2.24) is 0 Å². The molecule has 2 nitrogen and oxygen atoms in total. The first-order valence-corrected chi connectivity index (χ1v) is 4.65. The molecule has 0 rings (SSSR count). The lowest BCUT2D eigenvalue weighted by atomic mass is 9.92. The van der Waals surface area contributed by atoms with Crippen LogP contribution < -0.4 is 5.73 Å². The number of nitrogens with zero attached hydrogens (tertiary/aromatic N) is 1. The average Bonchev–Trinajstić information content (AvgIpc) is 2.12. The summed E-state index contributed by atoms with van der Waals surface area (Å²) in [6.45, 7) is 6.50. The summed E-state index contributed by atoms with van der Waals surface area (Å²) < 4.78 is 0. The van der Waals surface area contributed by atoms with Crippen LogP contribution in [0.1, 0.15) is 27.2 Å². The van der Waals surface area contributed by atoms with E-state index in [0.29, 0.717) is 17.4 Å². The summed E-state index contributed by atoms with van der Waals surface area (Å²) in [7, 11) is 0. The molecule has 13 heavy (non-hydrogen) atoms. The molecule has 0 heterocycles. The van der Waals surface area contributed by atoms with Gasteiger partial charge in [-0.15, -0.1) is 0 Å². The maximum absolute atomic E-state index is 8.60. The van der Waals surface area contributed by atoms with Gasteiger partial charge in [-0.3, -0.25) is 0 Å². The summed E-state index contributed by atoms with van der Waals surface area (Å²) in [5, 5.41) is 8.60. The summed E-state index contributed by atoms with van der Waals surface area (Å²) in [4.78, 5) is 0. The molecule has 0 aliphatic carbocycles. The SMILES string of the molecule is CCC(/C=C\C(C#N)=C/N)C(C)C. The summed E-state index contributed by atoms with van der Waals surface area (Å²) >= 11 is 0. The van der Waals surface area contributed by atoms with Gasteiger partial charge >= 0.3 is 0 Å². The van der Waals surface area contributed by atoms with Crippen molar-refractivity contribution in [3.8, 4) is 6.07 Å². The Hall–Kier alpha value is -1.23. The van der Waals surface area contributed by atoms with E-state index in [9.17, 15) is 0 Å². The van der Waals surface area contributed by atoms with Crippen LogP contribution in [0.5, 0.6) is 0 Å². The van der Waals surface area contributed by atoms with Crippen LogP contribution in [0, 0.1) is 23.2 Å². The first-order valence-electron chi connectivity index (χ1n) is 4.65. The topological polar surface area (TPSA) is 49.8 Å². The number of nitrogens with two attached hydrogens (primary N) is 1. The molecule has 0 aliphatic rings. The Labute approximate surface area is 80.7 Å². The molecule has 0 saturated heterocycles. The monoisotopic (exact) mass is 178 g/mol. The highest BCUT2D eigenvalue weighted by Crippen LogP contribution is 2.16. The maximum Gasteiger partial charge on any atom is 0.101 e. The Morgan fingerprint density at radius 3 is 2.46 bits per heavy atom. The minimum Gasteiger partial charge on any atom is -0.404 e. The van der Waals surface area contributed by atoms with Gasteiger partial charge in [-0.25, -0.2) is 0 Å². The van der Waals surface area contributed by atoms with Gasteiger partial charge in [0.25, 0.3) is 0 Å². The molecular weight excluding hydrogens is 160 g/mol. The van der Waals surface area contributed by atoms with Crippen molar-refractivity contribution < 1.29 is 0 Å². The second-order valence-corrected chi connectivity index (χ2v) is 3.41. The van der Waals surface area contributed by atoms with Crippen LogP contribution >= 0.6 is 0 Å². The van der Waals surface area contributed by atoms with E-state index in [4.69, 9.17) is 11.0 Å². The highest BCUT2D eigenvalue weighted by molar-refractivity contribution is 5.32. The third kappa shape index (κ3) is 4.37. The zero-order valence-electron chi connectivity index (χ0n) is 8.62. The molecule has 0 aromatic heterocycles. The van der Waals surface area contributed by atoms with Crippen LogP contribution in [0.3, 0.4) is 0 Å². The van der Waals surface area contributed by atoms with E-state index in [1.165, 1.54) is 6.20 Å². The lowest BCUT2D eigenvalue weighted by molar-refractivity contribution is 0.453. The summed E-state index contributed by atoms with van der Waals surface area (Å²) in [6, 6.07) is 2.02. The number of allylic oxidation sites excluding steroid dienone is 3. The highest BCUT2D eigenvalue weighted by Gasteiger charge is 2.06. The second-order valence-electron chi connectivity index (χ2n) is 3.41. The van der Waals surface area contributed by atoms with Crippen molar-refractivity contribution in [3.05, 3.63) is 23.9 Å². The van der Waals surface area contributed by atoms with E-state index in [-0.39, 0.29) is 0 Å². The van der Waals surface area contributed by atoms with Gasteiger partial charge in [-0.05, 0) is 24.3 Å². The van der Waals surface area contributed by atoms with Crippen LogP contribution in [0.15, 0.2) is 23.9 Å². The van der Waals surface area contributed by atoms with Crippen molar-refractivity contribution in [2.24, 2.45) is 17.6 Å². The van der Waals surface area contributed by atoms with Crippen molar-refractivity contribution >= 4 is 0 Å². The fourth-order valence-corrected chi connectivity index (χ4v) is 1.19. The smallest absolute Gasteiger partial charge is 0.101 e. The lowest BCUT2D eigenvalue weighted by Crippen LogP contribution is -2.03. The molecular formula is C11H18N2. The normalized spacial score (nSPS) is 14.8. The molecule has 0 aromatic rings. The first-order chi connectivity index (χ1) is 6.15. The van der Waals surface area contributed by atoms with Crippen molar-refractivity contribution in [2.75, 3.05) is 0 Å². The fraction of sp³-hybridized carbons (Fsp3) is 0.545. The van der Waals surface area contributed by atoms with E-state index >= 15 is 0 Å². The van der Waals surface area contributed by atoms with Crippen LogP contribution in [-0.2, 0) is 0 Å². The Balaban J connectivity index is 4.32.